The highest BCUT2D eigenvalue weighted by molar-refractivity contribution is 9.10. The molecule has 0 spiro atoms. The highest BCUT2D eigenvalue weighted by Crippen LogP contribution is 2.35. The van der Waals surface area contributed by atoms with Gasteiger partial charge in [-0.15, -0.1) is 0 Å². The van der Waals surface area contributed by atoms with Crippen molar-refractivity contribution in [3.05, 3.63) is 28.2 Å². The van der Waals surface area contributed by atoms with Gasteiger partial charge in [0.1, 0.15) is 0 Å². The van der Waals surface area contributed by atoms with Crippen molar-refractivity contribution < 1.29 is 4.79 Å². The second kappa shape index (κ2) is 3.32. The average Bonchev–Trinajstić information content (AvgIpc) is 2.57. The number of hydrogen-bond donors (Lipinski definition) is 1. The third kappa shape index (κ3) is 1.40. The summed E-state index contributed by atoms with van der Waals surface area (Å²) < 4.78 is 1.04. The van der Waals surface area contributed by atoms with Crippen LogP contribution in [0.1, 0.15) is 5.56 Å². The maximum absolute atomic E-state index is 11.8. The van der Waals surface area contributed by atoms with Crippen molar-refractivity contribution in [1.29, 1.82) is 0 Å². The molecule has 1 N–H and O–H groups in total. The topological polar surface area (TPSA) is 32.3 Å². The lowest BCUT2D eigenvalue weighted by Crippen LogP contribution is -2.53. The highest BCUT2D eigenvalue weighted by atomic mass is 79.9. The summed E-state index contributed by atoms with van der Waals surface area (Å²) in [5.74, 6) is 0.183. The first kappa shape index (κ1) is 9.36. The molecule has 2 aliphatic rings. The lowest BCUT2D eigenvalue weighted by atomic mass is 10.1. The molecule has 3 nitrogen and oxygen atoms in total. The van der Waals surface area contributed by atoms with Gasteiger partial charge in [-0.25, -0.2) is 0 Å². The minimum atomic E-state index is 0.183. The predicted octanol–water partition coefficient (Wildman–Crippen LogP) is 1.31. The Bertz CT molecular complexity index is 433. The fourth-order valence-electron chi connectivity index (χ4n) is 2.41. The largest absolute Gasteiger partial charge is 0.306 e. The number of rotatable bonds is 0. The van der Waals surface area contributed by atoms with E-state index in [2.05, 4.69) is 27.3 Å². The van der Waals surface area contributed by atoms with Gasteiger partial charge in [0.2, 0.25) is 5.91 Å². The number of fused-ring (bicyclic) bond motifs is 3. The summed E-state index contributed by atoms with van der Waals surface area (Å²) >= 11 is 3.45. The molecule has 2 heterocycles. The van der Waals surface area contributed by atoms with E-state index in [-0.39, 0.29) is 5.91 Å². The highest BCUT2D eigenvalue weighted by Gasteiger charge is 2.35. The first-order valence-corrected chi connectivity index (χ1v) is 5.86. The molecule has 0 saturated carbocycles. The molecule has 1 unspecified atom stereocenters. The Morgan fingerprint density at radius 3 is 3.20 bits per heavy atom. The van der Waals surface area contributed by atoms with Gasteiger partial charge < -0.3 is 10.2 Å². The molecule has 1 fully saturated rings. The zero-order chi connectivity index (χ0) is 10.4. The quantitative estimate of drug-likeness (QED) is 0.768. The summed E-state index contributed by atoms with van der Waals surface area (Å²) in [5.41, 5.74) is 2.36. The molecule has 1 aromatic carbocycles. The van der Waals surface area contributed by atoms with Crippen molar-refractivity contribution in [1.82, 2.24) is 5.32 Å². The van der Waals surface area contributed by atoms with Crippen molar-refractivity contribution in [3.8, 4) is 0 Å². The van der Waals surface area contributed by atoms with Crippen LogP contribution in [0.4, 0.5) is 5.69 Å². The molecule has 1 atom stereocenters. The smallest absolute Gasteiger partial charge is 0.241 e. The lowest BCUT2D eigenvalue weighted by Gasteiger charge is -2.30. The maximum atomic E-state index is 11.8. The summed E-state index contributed by atoms with van der Waals surface area (Å²) in [7, 11) is 0. The van der Waals surface area contributed by atoms with Crippen LogP contribution in [0.2, 0.25) is 0 Å². The van der Waals surface area contributed by atoms with Gasteiger partial charge in [-0.1, -0.05) is 22.0 Å². The number of nitrogens with one attached hydrogen (secondary N) is 1. The molecule has 3 rings (SSSR count). The van der Waals surface area contributed by atoms with E-state index in [4.69, 9.17) is 0 Å². The van der Waals surface area contributed by atoms with E-state index in [1.54, 1.807) is 0 Å². The van der Waals surface area contributed by atoms with Gasteiger partial charge in [-0.2, -0.15) is 0 Å². The molecule has 0 aliphatic carbocycles. The molecule has 4 heteroatoms. The molecule has 15 heavy (non-hydrogen) atoms. The van der Waals surface area contributed by atoms with E-state index < -0.39 is 0 Å². The summed E-state index contributed by atoms with van der Waals surface area (Å²) in [6.45, 7) is 1.36. The summed E-state index contributed by atoms with van der Waals surface area (Å²) in [5, 5.41) is 3.15. The van der Waals surface area contributed by atoms with Crippen LogP contribution in [-0.2, 0) is 11.2 Å². The number of nitrogens with zero attached hydrogens (tertiary/aromatic N) is 1. The molecule has 0 radical (unpaired) electrons. The van der Waals surface area contributed by atoms with E-state index in [1.165, 1.54) is 5.56 Å². The zero-order valence-electron chi connectivity index (χ0n) is 8.16. The van der Waals surface area contributed by atoms with Crippen molar-refractivity contribution in [3.63, 3.8) is 0 Å². The number of carbonyl (C=O) groups excluding carboxylic acids is 1. The van der Waals surface area contributed by atoms with E-state index in [0.717, 1.165) is 23.1 Å². The number of halogens is 1. The summed E-state index contributed by atoms with van der Waals surface area (Å²) in [4.78, 5) is 13.7. The fourth-order valence-corrected chi connectivity index (χ4v) is 2.76. The zero-order valence-corrected chi connectivity index (χ0v) is 9.75. The van der Waals surface area contributed by atoms with Crippen LogP contribution in [0.25, 0.3) is 0 Å². The van der Waals surface area contributed by atoms with Crippen molar-refractivity contribution in [2.75, 3.05) is 18.0 Å². The van der Waals surface area contributed by atoms with Crippen LogP contribution in [0, 0.1) is 0 Å². The second-order valence-electron chi connectivity index (χ2n) is 4.03. The first-order chi connectivity index (χ1) is 7.25. The van der Waals surface area contributed by atoms with Crippen molar-refractivity contribution in [2.24, 2.45) is 0 Å². The van der Waals surface area contributed by atoms with Gasteiger partial charge >= 0.3 is 0 Å². The molecule has 0 aromatic heterocycles. The normalized spacial score (nSPS) is 23.9. The third-order valence-electron chi connectivity index (χ3n) is 3.05. The summed E-state index contributed by atoms with van der Waals surface area (Å²) in [6, 6.07) is 6.49. The van der Waals surface area contributed by atoms with Crippen LogP contribution in [0.15, 0.2) is 22.7 Å². The minimum absolute atomic E-state index is 0.183. The molecule has 1 aromatic rings. The van der Waals surface area contributed by atoms with Gasteiger partial charge in [0.25, 0.3) is 0 Å². The van der Waals surface area contributed by atoms with Crippen LogP contribution in [-0.4, -0.2) is 25.0 Å². The van der Waals surface area contributed by atoms with E-state index in [9.17, 15) is 4.79 Å². The SMILES string of the molecule is O=C1CNCC2Cc3ccc(Br)cc3N12. The number of hydrogen-bond acceptors (Lipinski definition) is 2. The number of amides is 1. The van der Waals surface area contributed by atoms with Gasteiger partial charge in [0, 0.05) is 16.7 Å². The summed E-state index contributed by atoms with van der Waals surface area (Å²) in [6.07, 6.45) is 0.974. The Hall–Kier alpha value is -0.870. The van der Waals surface area contributed by atoms with Crippen LogP contribution < -0.4 is 10.2 Å². The molecular formula is C11H11BrN2O. The Kier molecular flexibility index (Phi) is 2.07. The molecule has 0 bridgehead atoms. The fraction of sp³-hybridized carbons (Fsp3) is 0.364. The van der Waals surface area contributed by atoms with Crippen LogP contribution >= 0.6 is 15.9 Å². The van der Waals surface area contributed by atoms with Gasteiger partial charge in [-0.3, -0.25) is 4.79 Å². The van der Waals surface area contributed by atoms with Gasteiger partial charge in [-0.05, 0) is 24.1 Å². The van der Waals surface area contributed by atoms with Crippen molar-refractivity contribution in [2.45, 2.75) is 12.5 Å². The molecule has 2 aliphatic heterocycles. The predicted molar refractivity (Wildman–Crippen MR) is 62.0 cm³/mol. The van der Waals surface area contributed by atoms with Crippen LogP contribution in [0.5, 0.6) is 0 Å². The van der Waals surface area contributed by atoms with Crippen LogP contribution in [0.3, 0.4) is 0 Å². The molecule has 1 saturated heterocycles. The van der Waals surface area contributed by atoms with E-state index >= 15 is 0 Å². The van der Waals surface area contributed by atoms with E-state index in [0.29, 0.717) is 12.6 Å². The number of benzene rings is 1. The third-order valence-corrected chi connectivity index (χ3v) is 3.55. The maximum Gasteiger partial charge on any atom is 0.241 e. The minimum Gasteiger partial charge on any atom is -0.306 e. The van der Waals surface area contributed by atoms with Crippen molar-refractivity contribution >= 4 is 27.5 Å². The number of piperazine rings is 1. The number of carbonyl (C=O) groups is 1. The molecule has 1 amide bonds. The molecule has 78 valence electrons. The standard InChI is InChI=1S/C11H11BrN2O/c12-8-2-1-7-3-9-5-13-6-11(15)14(9)10(7)4-8/h1-2,4,9,13H,3,5-6H2. The first-order valence-electron chi connectivity index (χ1n) is 5.07. The lowest BCUT2D eigenvalue weighted by molar-refractivity contribution is -0.119. The second-order valence-corrected chi connectivity index (χ2v) is 4.94. The average molecular weight is 267 g/mol. The van der Waals surface area contributed by atoms with Gasteiger partial charge in [0.15, 0.2) is 0 Å². The monoisotopic (exact) mass is 266 g/mol. The Morgan fingerprint density at radius 2 is 2.33 bits per heavy atom. The Morgan fingerprint density at radius 1 is 1.47 bits per heavy atom. The van der Waals surface area contributed by atoms with Gasteiger partial charge in [0.05, 0.1) is 12.6 Å². The van der Waals surface area contributed by atoms with E-state index in [1.807, 2.05) is 17.0 Å². The Balaban J connectivity index is 2.08. The molecular weight excluding hydrogens is 256 g/mol. The number of anilines is 1. The Labute approximate surface area is 96.6 Å².